The molecule has 1 N–H and O–H groups in total. The summed E-state index contributed by atoms with van der Waals surface area (Å²) < 4.78 is 26.0. The smallest absolute Gasteiger partial charge is 0.310 e. The van der Waals surface area contributed by atoms with Crippen LogP contribution in [0.2, 0.25) is 0 Å². The first kappa shape index (κ1) is 15.4. The Kier molecular flexibility index (Phi) is 3.72. The van der Waals surface area contributed by atoms with Gasteiger partial charge in [-0.15, -0.1) is 0 Å². The van der Waals surface area contributed by atoms with Gasteiger partial charge in [0.1, 0.15) is 0 Å². The van der Waals surface area contributed by atoms with Gasteiger partial charge in [-0.3, -0.25) is 14.9 Å². The lowest BCUT2D eigenvalue weighted by Crippen LogP contribution is -2.35. The Hall–Kier alpha value is -2.00. The summed E-state index contributed by atoms with van der Waals surface area (Å²) in [6.45, 7) is 1.29. The van der Waals surface area contributed by atoms with Gasteiger partial charge in [0.25, 0.3) is 5.69 Å². The van der Waals surface area contributed by atoms with Crippen LogP contribution in [0.4, 0.5) is 5.69 Å². The first-order valence-corrected chi connectivity index (χ1v) is 7.59. The standard InChI is InChI=1S/C12H14N2O6S/c1-12(11(15)16)6-7-13(8-12)21(19,20)10-5-3-2-4-9(10)14(17)18/h2-5H,6-8H2,1H3,(H,15,16). The molecule has 21 heavy (non-hydrogen) atoms. The fraction of sp³-hybridized carbons (Fsp3) is 0.417. The average molecular weight is 314 g/mol. The van der Waals surface area contributed by atoms with E-state index in [2.05, 4.69) is 0 Å². The average Bonchev–Trinajstić information content (AvgIpc) is 2.83. The van der Waals surface area contributed by atoms with Crippen molar-refractivity contribution >= 4 is 21.7 Å². The third-order valence-electron chi connectivity index (χ3n) is 3.63. The van der Waals surface area contributed by atoms with Crippen LogP contribution in [0.25, 0.3) is 0 Å². The van der Waals surface area contributed by atoms with Gasteiger partial charge in [-0.25, -0.2) is 8.42 Å². The number of benzene rings is 1. The molecular weight excluding hydrogens is 300 g/mol. The summed E-state index contributed by atoms with van der Waals surface area (Å²) in [7, 11) is -4.09. The van der Waals surface area contributed by atoms with Gasteiger partial charge in [0.15, 0.2) is 4.90 Å². The number of carbonyl (C=O) groups is 1. The van der Waals surface area contributed by atoms with Crippen LogP contribution in [0.1, 0.15) is 13.3 Å². The minimum Gasteiger partial charge on any atom is -0.481 e. The molecule has 1 aromatic carbocycles. The fourth-order valence-corrected chi connectivity index (χ4v) is 3.99. The lowest BCUT2D eigenvalue weighted by molar-refractivity contribution is -0.387. The molecule has 1 unspecified atom stereocenters. The minimum atomic E-state index is -4.09. The van der Waals surface area contributed by atoms with E-state index in [1.54, 1.807) is 0 Å². The summed E-state index contributed by atoms with van der Waals surface area (Å²) in [4.78, 5) is 20.9. The van der Waals surface area contributed by atoms with Crippen LogP contribution < -0.4 is 0 Å². The number of nitro groups is 1. The third-order valence-corrected chi connectivity index (χ3v) is 5.53. The molecule has 1 aliphatic heterocycles. The number of nitrogens with zero attached hydrogens (tertiary/aromatic N) is 2. The summed E-state index contributed by atoms with van der Waals surface area (Å²) >= 11 is 0. The number of hydrogen-bond donors (Lipinski definition) is 1. The Morgan fingerprint density at radius 3 is 2.57 bits per heavy atom. The maximum absolute atomic E-state index is 12.5. The molecule has 114 valence electrons. The molecule has 1 fully saturated rings. The Morgan fingerprint density at radius 2 is 2.05 bits per heavy atom. The van der Waals surface area contributed by atoms with Gasteiger partial charge in [0, 0.05) is 19.2 Å². The van der Waals surface area contributed by atoms with E-state index in [0.29, 0.717) is 0 Å². The van der Waals surface area contributed by atoms with Gasteiger partial charge in [-0.2, -0.15) is 4.31 Å². The monoisotopic (exact) mass is 314 g/mol. The van der Waals surface area contributed by atoms with Crippen LogP contribution in [0.15, 0.2) is 29.2 Å². The summed E-state index contributed by atoms with van der Waals surface area (Å²) in [6, 6.07) is 5.04. The molecule has 1 aliphatic rings. The van der Waals surface area contributed by atoms with E-state index in [1.165, 1.54) is 19.1 Å². The van der Waals surface area contributed by atoms with E-state index < -0.39 is 36.9 Å². The van der Waals surface area contributed by atoms with Crippen molar-refractivity contribution in [3.63, 3.8) is 0 Å². The molecule has 1 heterocycles. The third kappa shape index (κ3) is 2.61. The number of carboxylic acids is 1. The van der Waals surface area contributed by atoms with E-state index in [9.17, 15) is 23.3 Å². The SMILES string of the molecule is CC1(C(=O)O)CCN(S(=O)(=O)c2ccccc2[N+](=O)[O-])C1. The second-order valence-corrected chi connectivity index (χ2v) is 7.09. The Labute approximate surface area is 121 Å². The molecule has 2 rings (SSSR count). The normalized spacial score (nSPS) is 23.1. The second kappa shape index (κ2) is 5.08. The van der Waals surface area contributed by atoms with Gasteiger partial charge in [0.2, 0.25) is 10.0 Å². The van der Waals surface area contributed by atoms with Crippen LogP contribution in [-0.2, 0) is 14.8 Å². The van der Waals surface area contributed by atoms with Gasteiger partial charge < -0.3 is 5.11 Å². The highest BCUT2D eigenvalue weighted by atomic mass is 32.2. The van der Waals surface area contributed by atoms with Crippen LogP contribution in [0, 0.1) is 15.5 Å². The Balaban J connectivity index is 2.41. The van der Waals surface area contributed by atoms with Crippen molar-refractivity contribution < 1.29 is 23.2 Å². The van der Waals surface area contributed by atoms with E-state index in [1.807, 2.05) is 0 Å². The molecule has 0 aromatic heterocycles. The molecule has 0 radical (unpaired) electrons. The van der Waals surface area contributed by atoms with Gasteiger partial charge in [-0.05, 0) is 19.4 Å². The number of para-hydroxylation sites is 1. The molecule has 1 saturated heterocycles. The minimum absolute atomic E-state index is 0.0250. The topological polar surface area (TPSA) is 118 Å². The first-order valence-electron chi connectivity index (χ1n) is 6.15. The second-order valence-electron chi connectivity index (χ2n) is 5.18. The number of hydrogen-bond acceptors (Lipinski definition) is 5. The molecule has 8 nitrogen and oxygen atoms in total. The number of nitro benzene ring substituents is 1. The van der Waals surface area contributed by atoms with E-state index in [-0.39, 0.29) is 19.5 Å². The molecule has 0 saturated carbocycles. The zero-order valence-corrected chi connectivity index (χ0v) is 12.0. The highest BCUT2D eigenvalue weighted by Gasteiger charge is 2.46. The van der Waals surface area contributed by atoms with Gasteiger partial charge in [-0.1, -0.05) is 12.1 Å². The largest absolute Gasteiger partial charge is 0.481 e. The number of aliphatic carboxylic acids is 1. The van der Waals surface area contributed by atoms with E-state index >= 15 is 0 Å². The Morgan fingerprint density at radius 1 is 1.43 bits per heavy atom. The van der Waals surface area contributed by atoms with Crippen molar-refractivity contribution in [2.45, 2.75) is 18.2 Å². The maximum Gasteiger partial charge on any atom is 0.310 e. The number of rotatable bonds is 4. The molecule has 0 aliphatic carbocycles. The van der Waals surface area contributed by atoms with Gasteiger partial charge >= 0.3 is 5.97 Å². The number of sulfonamides is 1. The van der Waals surface area contributed by atoms with Crippen LogP contribution in [0.5, 0.6) is 0 Å². The van der Waals surface area contributed by atoms with Crippen molar-refractivity contribution in [2.75, 3.05) is 13.1 Å². The summed E-state index contributed by atoms with van der Waals surface area (Å²) in [5.41, 5.74) is -1.68. The van der Waals surface area contributed by atoms with Crippen LogP contribution in [0.3, 0.4) is 0 Å². The van der Waals surface area contributed by atoms with Crippen molar-refractivity contribution in [1.82, 2.24) is 4.31 Å². The van der Waals surface area contributed by atoms with E-state index in [0.717, 1.165) is 16.4 Å². The Bertz CT molecular complexity index is 701. The molecule has 1 aromatic rings. The fourth-order valence-electron chi connectivity index (χ4n) is 2.26. The maximum atomic E-state index is 12.5. The van der Waals surface area contributed by atoms with Crippen molar-refractivity contribution in [3.05, 3.63) is 34.4 Å². The van der Waals surface area contributed by atoms with Crippen molar-refractivity contribution in [2.24, 2.45) is 5.41 Å². The molecular formula is C12H14N2O6S. The quantitative estimate of drug-likeness (QED) is 0.656. The summed E-state index contributed by atoms with van der Waals surface area (Å²) in [5, 5.41) is 20.1. The zero-order chi connectivity index (χ0) is 15.8. The summed E-state index contributed by atoms with van der Waals surface area (Å²) in [6.07, 6.45) is 0.169. The molecule has 0 amide bonds. The van der Waals surface area contributed by atoms with Crippen LogP contribution >= 0.6 is 0 Å². The van der Waals surface area contributed by atoms with Crippen LogP contribution in [-0.4, -0.2) is 41.8 Å². The predicted molar refractivity (Wildman–Crippen MR) is 72.2 cm³/mol. The highest BCUT2D eigenvalue weighted by Crippen LogP contribution is 2.35. The number of carboxylic acid groups (broad SMARTS) is 1. The predicted octanol–water partition coefficient (Wildman–Crippen LogP) is 1.08. The van der Waals surface area contributed by atoms with Crippen molar-refractivity contribution in [1.29, 1.82) is 0 Å². The highest BCUT2D eigenvalue weighted by molar-refractivity contribution is 7.89. The van der Waals surface area contributed by atoms with Crippen molar-refractivity contribution in [3.8, 4) is 0 Å². The van der Waals surface area contributed by atoms with Gasteiger partial charge in [0.05, 0.1) is 10.3 Å². The molecule has 0 bridgehead atoms. The molecule has 0 spiro atoms. The lowest BCUT2D eigenvalue weighted by atomic mass is 9.90. The zero-order valence-electron chi connectivity index (χ0n) is 11.2. The lowest BCUT2D eigenvalue weighted by Gasteiger charge is -2.19. The van der Waals surface area contributed by atoms with E-state index in [4.69, 9.17) is 5.11 Å². The molecule has 1 atom stereocenters. The molecule has 9 heteroatoms. The summed E-state index contributed by atoms with van der Waals surface area (Å²) in [5.74, 6) is -1.08. The first-order chi connectivity index (χ1) is 9.68.